The number of nitrogens with two attached hydrogens (primary N) is 2. The third-order valence-corrected chi connectivity index (χ3v) is 9.41. The second-order valence-electron chi connectivity index (χ2n) is 12.4. The summed E-state index contributed by atoms with van der Waals surface area (Å²) < 4.78 is 237. The van der Waals surface area contributed by atoms with E-state index in [0.29, 0.717) is 12.8 Å². The van der Waals surface area contributed by atoms with Gasteiger partial charge in [-0.1, -0.05) is 12.8 Å². The molecule has 2 aromatic rings. The van der Waals surface area contributed by atoms with Gasteiger partial charge < -0.3 is 11.5 Å². The number of anilines is 2. The fourth-order valence-corrected chi connectivity index (χ4v) is 5.67. The standard InChI is InChI=1S/C30H28F16N2/c1-13-9-17(11-19(21(13)47)15-5-3-6-15)23(31,32)25(35,36)27(39,40)29(43,44)30(45,46)28(41,42)26(37,38)24(33,34)18-10-14(2)22(48)20(12-18)16-7-4-8-16/h9-12,15-16H,3-8,47-48H2,1-2H3. The van der Waals surface area contributed by atoms with Crippen LogP contribution < -0.4 is 11.5 Å². The van der Waals surface area contributed by atoms with Crippen LogP contribution in [0, 0.1) is 13.8 Å². The first-order valence-electron chi connectivity index (χ1n) is 14.4. The highest BCUT2D eigenvalue weighted by atomic mass is 19.4. The van der Waals surface area contributed by atoms with Crippen molar-refractivity contribution in [3.63, 3.8) is 0 Å². The molecule has 0 aromatic heterocycles. The van der Waals surface area contributed by atoms with E-state index in [4.69, 9.17) is 11.5 Å². The Morgan fingerprint density at radius 2 is 0.688 bits per heavy atom. The van der Waals surface area contributed by atoms with Gasteiger partial charge in [0.05, 0.1) is 0 Å². The quantitative estimate of drug-likeness (QED) is 0.179. The minimum Gasteiger partial charge on any atom is -0.398 e. The molecule has 0 aliphatic heterocycles. The highest BCUT2D eigenvalue weighted by molar-refractivity contribution is 5.59. The number of alkyl halides is 16. The van der Waals surface area contributed by atoms with Crippen LogP contribution in [0.4, 0.5) is 81.6 Å². The fraction of sp³-hybridized carbons (Fsp3) is 0.600. The Bertz CT molecular complexity index is 1440. The van der Waals surface area contributed by atoms with Crippen LogP contribution in [-0.2, 0) is 11.8 Å². The minimum absolute atomic E-state index is 0.0353. The van der Waals surface area contributed by atoms with E-state index in [1.807, 2.05) is 0 Å². The first-order valence-corrected chi connectivity index (χ1v) is 14.4. The summed E-state index contributed by atoms with van der Waals surface area (Å²) in [5.41, 5.74) is 5.03. The van der Waals surface area contributed by atoms with E-state index in [1.54, 1.807) is 0 Å². The molecule has 0 atom stereocenters. The first kappa shape index (κ1) is 37.7. The molecule has 2 saturated carbocycles. The molecule has 2 nitrogen and oxygen atoms in total. The van der Waals surface area contributed by atoms with Crippen LogP contribution in [0.1, 0.15) is 83.7 Å². The predicted molar refractivity (Wildman–Crippen MR) is 142 cm³/mol. The molecule has 2 aliphatic carbocycles. The number of benzene rings is 2. The lowest BCUT2D eigenvalue weighted by molar-refractivity contribution is -0.456. The largest absolute Gasteiger partial charge is 0.398 e. The Kier molecular flexibility index (Phi) is 8.82. The van der Waals surface area contributed by atoms with E-state index in [0.717, 1.165) is 13.8 Å². The number of rotatable bonds is 11. The van der Waals surface area contributed by atoms with Crippen molar-refractivity contribution in [2.45, 2.75) is 112 Å². The first-order chi connectivity index (χ1) is 21.5. The fourth-order valence-electron chi connectivity index (χ4n) is 5.67. The van der Waals surface area contributed by atoms with Crippen molar-refractivity contribution in [1.82, 2.24) is 0 Å². The molecule has 270 valence electrons. The van der Waals surface area contributed by atoms with Gasteiger partial charge in [0, 0.05) is 22.5 Å². The number of hydrogen-bond donors (Lipinski definition) is 2. The molecule has 2 aromatic carbocycles. The maximum atomic E-state index is 15.1. The molecule has 2 fully saturated rings. The van der Waals surface area contributed by atoms with Crippen LogP contribution >= 0.6 is 0 Å². The molecule has 0 unspecified atom stereocenters. The zero-order valence-electron chi connectivity index (χ0n) is 24.9. The van der Waals surface area contributed by atoms with Crippen LogP contribution in [0.2, 0.25) is 0 Å². The zero-order valence-corrected chi connectivity index (χ0v) is 24.9. The van der Waals surface area contributed by atoms with Crippen molar-refractivity contribution in [2.75, 3.05) is 11.5 Å². The van der Waals surface area contributed by atoms with Gasteiger partial charge in [0.1, 0.15) is 0 Å². The highest BCUT2D eigenvalue weighted by Crippen LogP contribution is 2.66. The predicted octanol–water partition coefficient (Wildman–Crippen LogP) is 10.7. The van der Waals surface area contributed by atoms with Crippen LogP contribution in [0.5, 0.6) is 0 Å². The lowest BCUT2D eigenvalue weighted by Crippen LogP contribution is -2.74. The van der Waals surface area contributed by atoms with Gasteiger partial charge in [-0.3, -0.25) is 0 Å². The van der Waals surface area contributed by atoms with Gasteiger partial charge in [-0.05, 0) is 97.9 Å². The summed E-state index contributed by atoms with van der Waals surface area (Å²) in [6.07, 6.45) is 2.00. The summed E-state index contributed by atoms with van der Waals surface area (Å²) in [4.78, 5) is 0. The van der Waals surface area contributed by atoms with Gasteiger partial charge in [-0.15, -0.1) is 0 Å². The molecule has 2 aliphatic rings. The van der Waals surface area contributed by atoms with Crippen molar-refractivity contribution in [1.29, 1.82) is 0 Å². The number of hydrogen-bond acceptors (Lipinski definition) is 2. The van der Waals surface area contributed by atoms with Crippen LogP contribution in [0.3, 0.4) is 0 Å². The van der Waals surface area contributed by atoms with Gasteiger partial charge in [0.2, 0.25) is 0 Å². The minimum atomic E-state index is -8.51. The van der Waals surface area contributed by atoms with Crippen LogP contribution in [0.15, 0.2) is 24.3 Å². The van der Waals surface area contributed by atoms with Gasteiger partial charge in [-0.2, -0.15) is 70.2 Å². The van der Waals surface area contributed by atoms with Gasteiger partial charge in [0.15, 0.2) is 0 Å². The van der Waals surface area contributed by atoms with E-state index in [-0.39, 0.29) is 72.5 Å². The van der Waals surface area contributed by atoms with E-state index in [2.05, 4.69) is 0 Å². The Morgan fingerprint density at radius 3 is 0.917 bits per heavy atom. The summed E-state index contributed by atoms with van der Waals surface area (Å²) in [6.45, 7) is 1.85. The van der Waals surface area contributed by atoms with Crippen molar-refractivity contribution in [3.8, 4) is 0 Å². The van der Waals surface area contributed by atoms with Gasteiger partial charge in [-0.25, -0.2) is 0 Å². The molecule has 0 heterocycles. The molecule has 0 amide bonds. The summed E-state index contributed by atoms with van der Waals surface area (Å²) in [5.74, 6) is -63.5. The van der Waals surface area contributed by atoms with Crippen molar-refractivity contribution >= 4 is 11.4 Å². The van der Waals surface area contributed by atoms with E-state index in [1.165, 1.54) is 0 Å². The summed E-state index contributed by atoms with van der Waals surface area (Å²) in [5, 5.41) is 0. The monoisotopic (exact) mass is 720 g/mol. The van der Waals surface area contributed by atoms with Crippen LogP contribution in [0.25, 0.3) is 0 Å². The van der Waals surface area contributed by atoms with Crippen LogP contribution in [-0.4, -0.2) is 35.5 Å². The van der Waals surface area contributed by atoms with E-state index >= 15 is 17.6 Å². The molecule has 0 spiro atoms. The Balaban J connectivity index is 1.78. The maximum absolute atomic E-state index is 15.1. The molecule has 48 heavy (non-hydrogen) atoms. The molecular formula is C30H28F16N2. The molecule has 4 N–H and O–H groups in total. The van der Waals surface area contributed by atoms with E-state index < -0.39 is 81.5 Å². The average Bonchev–Trinajstić information content (AvgIpc) is 2.90. The number of aryl methyl sites for hydroxylation is 2. The topological polar surface area (TPSA) is 52.0 Å². The normalized spacial score (nSPS) is 18.1. The Hall–Kier alpha value is -3.08. The maximum Gasteiger partial charge on any atom is 0.385 e. The number of halogens is 16. The molecular weight excluding hydrogens is 692 g/mol. The second kappa shape index (κ2) is 11.2. The third kappa shape index (κ3) is 4.91. The summed E-state index contributed by atoms with van der Waals surface area (Å²) >= 11 is 0. The Morgan fingerprint density at radius 1 is 0.438 bits per heavy atom. The SMILES string of the molecule is Cc1cc(C(F)(F)C(F)(F)C(F)(F)C(F)(F)C(F)(F)C(F)(F)C(F)(F)C(F)(F)c2cc(C)c(N)c(C3CCC3)c2)cc(C2CCC2)c1N. The third-order valence-electron chi connectivity index (χ3n) is 9.41. The molecule has 18 heteroatoms. The van der Waals surface area contributed by atoms with Crippen molar-refractivity contribution in [3.05, 3.63) is 57.6 Å². The molecule has 0 radical (unpaired) electrons. The summed E-state index contributed by atoms with van der Waals surface area (Å²) in [7, 11) is 0. The van der Waals surface area contributed by atoms with Crippen molar-refractivity contribution < 1.29 is 70.2 Å². The average molecular weight is 721 g/mol. The Labute approximate surface area is 262 Å². The van der Waals surface area contributed by atoms with Crippen molar-refractivity contribution in [2.24, 2.45) is 0 Å². The van der Waals surface area contributed by atoms with Gasteiger partial charge >= 0.3 is 47.4 Å². The smallest absolute Gasteiger partial charge is 0.385 e. The molecule has 4 rings (SSSR count). The van der Waals surface area contributed by atoms with Gasteiger partial charge in [0.25, 0.3) is 0 Å². The second-order valence-corrected chi connectivity index (χ2v) is 12.4. The lowest BCUT2D eigenvalue weighted by Gasteiger charge is -2.44. The van der Waals surface area contributed by atoms with E-state index in [9.17, 15) is 52.7 Å². The summed E-state index contributed by atoms with van der Waals surface area (Å²) in [6, 6.07) is 0.325. The highest BCUT2D eigenvalue weighted by Gasteiger charge is 2.95. The molecule has 0 saturated heterocycles. The molecule has 0 bridgehead atoms. The number of nitrogen functional groups attached to an aromatic ring is 2. The lowest BCUT2D eigenvalue weighted by atomic mass is 9.77. The zero-order chi connectivity index (χ0) is 36.8.